The van der Waals surface area contributed by atoms with Crippen LogP contribution in [-0.4, -0.2) is 19.7 Å². The van der Waals surface area contributed by atoms with Gasteiger partial charge in [0.2, 0.25) is 0 Å². The number of ether oxygens (including phenoxy) is 1. The highest BCUT2D eigenvalue weighted by molar-refractivity contribution is 5.43. The number of benzene rings is 1. The Bertz CT molecular complexity index is 453. The van der Waals surface area contributed by atoms with Gasteiger partial charge in [-0.2, -0.15) is 0 Å². The van der Waals surface area contributed by atoms with Crippen molar-refractivity contribution in [3.63, 3.8) is 0 Å². The summed E-state index contributed by atoms with van der Waals surface area (Å²) < 4.78 is 19.5. The van der Waals surface area contributed by atoms with Crippen LogP contribution in [0.2, 0.25) is 0 Å². The zero-order valence-electron chi connectivity index (χ0n) is 12.1. The summed E-state index contributed by atoms with van der Waals surface area (Å²) in [5.74, 6) is 1.64. The molecule has 0 bridgehead atoms. The fourth-order valence-corrected chi connectivity index (χ4v) is 3.45. The minimum absolute atomic E-state index is 0.105. The molecule has 2 aliphatic rings. The van der Waals surface area contributed by atoms with Gasteiger partial charge in [-0.05, 0) is 87.2 Å². The second-order valence-electron chi connectivity index (χ2n) is 6.09. The molecule has 20 heavy (non-hydrogen) atoms. The first-order valence-corrected chi connectivity index (χ1v) is 7.98. The molecular weight excluding hydrogens is 253 g/mol. The van der Waals surface area contributed by atoms with E-state index in [2.05, 4.69) is 5.32 Å². The highest BCUT2D eigenvalue weighted by Crippen LogP contribution is 2.32. The predicted octanol–water partition coefficient (Wildman–Crippen LogP) is 3.47. The van der Waals surface area contributed by atoms with Gasteiger partial charge in [0.05, 0.1) is 6.61 Å². The smallest absolute Gasteiger partial charge is 0.125 e. The number of rotatable bonds is 3. The third kappa shape index (κ3) is 3.32. The lowest BCUT2D eigenvalue weighted by Gasteiger charge is -2.21. The van der Waals surface area contributed by atoms with Crippen LogP contribution in [0.1, 0.15) is 43.2 Å². The van der Waals surface area contributed by atoms with E-state index < -0.39 is 0 Å². The normalized spacial score (nSPS) is 22.8. The van der Waals surface area contributed by atoms with E-state index >= 15 is 0 Å². The molecule has 1 N–H and O–H groups in total. The van der Waals surface area contributed by atoms with Crippen LogP contribution in [-0.2, 0) is 12.8 Å². The highest BCUT2D eigenvalue weighted by atomic mass is 19.1. The molecule has 0 aliphatic carbocycles. The van der Waals surface area contributed by atoms with Gasteiger partial charge in [-0.1, -0.05) is 0 Å². The van der Waals surface area contributed by atoms with Gasteiger partial charge in [0.1, 0.15) is 11.6 Å². The molecule has 2 aliphatic heterocycles. The topological polar surface area (TPSA) is 21.3 Å². The maximum absolute atomic E-state index is 13.7. The summed E-state index contributed by atoms with van der Waals surface area (Å²) in [7, 11) is 0. The molecule has 0 saturated carbocycles. The van der Waals surface area contributed by atoms with Crippen LogP contribution >= 0.6 is 0 Å². The minimum atomic E-state index is -0.105. The van der Waals surface area contributed by atoms with Gasteiger partial charge in [-0.3, -0.25) is 0 Å². The Labute approximate surface area is 120 Å². The molecule has 1 aromatic rings. The SMILES string of the molecule is Fc1cc2c(c(CCC3CCCNCC3)c1)OCCC2. The van der Waals surface area contributed by atoms with E-state index in [4.69, 9.17) is 4.74 Å². The van der Waals surface area contributed by atoms with Gasteiger partial charge < -0.3 is 10.1 Å². The molecule has 1 unspecified atom stereocenters. The number of fused-ring (bicyclic) bond motifs is 1. The van der Waals surface area contributed by atoms with Gasteiger partial charge in [-0.15, -0.1) is 0 Å². The van der Waals surface area contributed by atoms with Crippen LogP contribution < -0.4 is 10.1 Å². The van der Waals surface area contributed by atoms with Crippen molar-refractivity contribution in [3.8, 4) is 5.75 Å². The summed E-state index contributed by atoms with van der Waals surface area (Å²) in [6.07, 6.45) is 7.87. The monoisotopic (exact) mass is 277 g/mol. The van der Waals surface area contributed by atoms with E-state index in [0.717, 1.165) is 68.2 Å². The lowest BCUT2D eigenvalue weighted by atomic mass is 9.91. The molecule has 3 rings (SSSR count). The molecule has 1 atom stereocenters. The van der Waals surface area contributed by atoms with Gasteiger partial charge in [0, 0.05) is 0 Å². The Morgan fingerprint density at radius 2 is 2.15 bits per heavy atom. The zero-order chi connectivity index (χ0) is 13.8. The minimum Gasteiger partial charge on any atom is -0.493 e. The molecule has 0 spiro atoms. The quantitative estimate of drug-likeness (QED) is 0.913. The van der Waals surface area contributed by atoms with Crippen LogP contribution in [0.3, 0.4) is 0 Å². The van der Waals surface area contributed by atoms with Crippen molar-refractivity contribution in [3.05, 3.63) is 29.1 Å². The Morgan fingerprint density at radius 1 is 1.20 bits per heavy atom. The van der Waals surface area contributed by atoms with Gasteiger partial charge >= 0.3 is 0 Å². The van der Waals surface area contributed by atoms with Crippen LogP contribution in [0.5, 0.6) is 5.75 Å². The fourth-order valence-electron chi connectivity index (χ4n) is 3.45. The molecular formula is C17H24FNO. The standard InChI is InChI=1S/C17H24FNO/c18-16-11-14-4-2-10-20-17(14)15(12-16)6-5-13-3-1-8-19-9-7-13/h11-13,19H,1-10H2. The van der Waals surface area contributed by atoms with Gasteiger partial charge in [-0.25, -0.2) is 4.39 Å². The van der Waals surface area contributed by atoms with Crippen LogP contribution in [0, 0.1) is 11.7 Å². The predicted molar refractivity (Wildman–Crippen MR) is 78.7 cm³/mol. The molecule has 2 heterocycles. The van der Waals surface area contributed by atoms with Gasteiger partial charge in [0.15, 0.2) is 0 Å². The first-order chi connectivity index (χ1) is 9.83. The summed E-state index contributed by atoms with van der Waals surface area (Å²) in [6.45, 7) is 3.05. The average molecular weight is 277 g/mol. The third-order valence-electron chi connectivity index (χ3n) is 4.56. The van der Waals surface area contributed by atoms with Crippen molar-refractivity contribution < 1.29 is 9.13 Å². The fraction of sp³-hybridized carbons (Fsp3) is 0.647. The molecule has 2 nitrogen and oxygen atoms in total. The summed E-state index contributed by atoms with van der Waals surface area (Å²) in [5.41, 5.74) is 2.14. The lowest BCUT2D eigenvalue weighted by molar-refractivity contribution is 0.283. The number of halogens is 1. The second-order valence-corrected chi connectivity index (χ2v) is 6.09. The van der Waals surface area contributed by atoms with E-state index in [0.29, 0.717) is 0 Å². The van der Waals surface area contributed by atoms with Gasteiger partial charge in [0.25, 0.3) is 0 Å². The Kier molecular flexibility index (Phi) is 4.56. The van der Waals surface area contributed by atoms with E-state index in [-0.39, 0.29) is 5.82 Å². The number of hydrogen-bond acceptors (Lipinski definition) is 2. The molecule has 0 aromatic heterocycles. The average Bonchev–Trinajstić information content (AvgIpc) is 2.73. The van der Waals surface area contributed by atoms with Crippen LogP contribution in [0.15, 0.2) is 12.1 Å². The molecule has 1 aromatic carbocycles. The summed E-state index contributed by atoms with van der Waals surface area (Å²) in [6, 6.07) is 3.33. The zero-order valence-corrected chi connectivity index (χ0v) is 12.1. The van der Waals surface area contributed by atoms with Crippen molar-refractivity contribution in [1.29, 1.82) is 0 Å². The number of nitrogens with one attached hydrogen (secondary N) is 1. The first kappa shape index (κ1) is 13.9. The van der Waals surface area contributed by atoms with E-state index in [1.807, 2.05) is 0 Å². The molecule has 1 fully saturated rings. The summed E-state index contributed by atoms with van der Waals surface area (Å²) >= 11 is 0. The van der Waals surface area contributed by atoms with Crippen molar-refractivity contribution in [2.75, 3.05) is 19.7 Å². The van der Waals surface area contributed by atoms with Crippen molar-refractivity contribution in [1.82, 2.24) is 5.32 Å². The Balaban J connectivity index is 1.68. The third-order valence-corrected chi connectivity index (χ3v) is 4.56. The van der Waals surface area contributed by atoms with E-state index in [1.165, 1.54) is 19.3 Å². The van der Waals surface area contributed by atoms with E-state index in [9.17, 15) is 4.39 Å². The largest absolute Gasteiger partial charge is 0.493 e. The molecule has 1 saturated heterocycles. The summed E-state index contributed by atoms with van der Waals surface area (Å²) in [5, 5.41) is 3.45. The highest BCUT2D eigenvalue weighted by Gasteiger charge is 2.18. The molecule has 0 amide bonds. The van der Waals surface area contributed by atoms with Crippen molar-refractivity contribution in [2.45, 2.75) is 44.9 Å². The van der Waals surface area contributed by atoms with E-state index in [1.54, 1.807) is 12.1 Å². The van der Waals surface area contributed by atoms with Crippen LogP contribution in [0.25, 0.3) is 0 Å². The number of hydrogen-bond donors (Lipinski definition) is 1. The Morgan fingerprint density at radius 3 is 3.10 bits per heavy atom. The maximum atomic E-state index is 13.7. The molecule has 110 valence electrons. The van der Waals surface area contributed by atoms with Crippen LogP contribution in [0.4, 0.5) is 4.39 Å². The first-order valence-electron chi connectivity index (χ1n) is 7.98. The number of aryl methyl sites for hydroxylation is 2. The summed E-state index contributed by atoms with van der Waals surface area (Å²) in [4.78, 5) is 0. The van der Waals surface area contributed by atoms with Crippen molar-refractivity contribution in [2.24, 2.45) is 5.92 Å². The lowest BCUT2D eigenvalue weighted by Crippen LogP contribution is -2.14. The second kappa shape index (κ2) is 6.57. The molecule has 3 heteroatoms. The van der Waals surface area contributed by atoms with Crippen molar-refractivity contribution >= 4 is 0 Å². The molecule has 0 radical (unpaired) electrons. The maximum Gasteiger partial charge on any atom is 0.125 e. The Hall–Kier alpha value is -1.09.